The zero-order valence-electron chi connectivity index (χ0n) is 7.60. The maximum absolute atomic E-state index is 4.39. The lowest BCUT2D eigenvalue weighted by atomic mass is 10.2. The Balaban J connectivity index is 2.62. The van der Waals surface area contributed by atoms with Gasteiger partial charge in [0, 0.05) is 11.6 Å². The molecule has 0 aliphatic rings. The second-order valence-corrected chi connectivity index (χ2v) is 4.58. The number of thiazole rings is 1. The third-order valence-electron chi connectivity index (χ3n) is 2.29. The average Bonchev–Trinajstić information content (AvgIpc) is 2.77. The molecule has 70 valence electrons. The zero-order chi connectivity index (χ0) is 9.54. The molecule has 0 N–H and O–H groups in total. The van der Waals surface area contributed by atoms with Gasteiger partial charge < -0.3 is 0 Å². The Morgan fingerprint density at radius 1 is 1.36 bits per heavy atom. The molecule has 2 nitrogen and oxygen atoms in total. The summed E-state index contributed by atoms with van der Waals surface area (Å²) >= 11 is 3.41. The molecule has 14 heavy (non-hydrogen) atoms. The van der Waals surface area contributed by atoms with Gasteiger partial charge in [0.05, 0.1) is 15.7 Å². The van der Waals surface area contributed by atoms with E-state index in [1.807, 2.05) is 5.51 Å². The molecule has 2 heterocycles. The first-order chi connectivity index (χ1) is 6.92. The molecular weight excluding hydrogens is 212 g/mol. The predicted molar refractivity (Wildman–Crippen MR) is 64.0 cm³/mol. The van der Waals surface area contributed by atoms with Gasteiger partial charge in [-0.1, -0.05) is 18.2 Å². The smallest absolute Gasteiger partial charge is 0.162 e. The van der Waals surface area contributed by atoms with Gasteiger partial charge in [-0.15, -0.1) is 11.3 Å². The van der Waals surface area contributed by atoms with E-state index < -0.39 is 0 Å². The van der Waals surface area contributed by atoms with Crippen LogP contribution in [0.15, 0.2) is 29.8 Å². The highest BCUT2D eigenvalue weighted by atomic mass is 32.2. The van der Waals surface area contributed by atoms with Gasteiger partial charge in [-0.3, -0.25) is 3.97 Å². The summed E-state index contributed by atoms with van der Waals surface area (Å²) in [5.41, 5.74) is 4.25. The Labute approximate surface area is 89.7 Å². The number of nitrogens with zero attached hydrogens (tertiary/aromatic N) is 2. The lowest BCUT2D eigenvalue weighted by Crippen LogP contribution is -1.83. The van der Waals surface area contributed by atoms with Crippen molar-refractivity contribution in [2.45, 2.75) is 0 Å². The van der Waals surface area contributed by atoms with Crippen LogP contribution in [0.3, 0.4) is 0 Å². The normalized spacial score (nSPS) is 11.5. The quantitative estimate of drug-likeness (QED) is 0.625. The van der Waals surface area contributed by atoms with E-state index >= 15 is 0 Å². The highest BCUT2D eigenvalue weighted by Gasteiger charge is 2.10. The summed E-state index contributed by atoms with van der Waals surface area (Å²) in [6, 6.07) is 8.44. The van der Waals surface area contributed by atoms with Crippen LogP contribution in [0.5, 0.6) is 0 Å². The first-order valence-corrected chi connectivity index (χ1v) is 6.35. The lowest BCUT2D eigenvalue weighted by molar-refractivity contribution is 1.33. The van der Waals surface area contributed by atoms with Crippen molar-refractivity contribution in [2.24, 2.45) is 0 Å². The van der Waals surface area contributed by atoms with Crippen LogP contribution in [-0.4, -0.2) is 15.2 Å². The fraction of sp³-hybridized carbons (Fsp3) is 0.100. The van der Waals surface area contributed by atoms with Gasteiger partial charge in [-0.25, -0.2) is 4.98 Å². The Morgan fingerprint density at radius 2 is 2.21 bits per heavy atom. The van der Waals surface area contributed by atoms with Crippen LogP contribution in [0.2, 0.25) is 0 Å². The summed E-state index contributed by atoms with van der Waals surface area (Å²) in [7, 11) is 0. The molecule has 0 atom stereocenters. The third-order valence-corrected chi connectivity index (χ3v) is 3.87. The molecule has 0 unspecified atom stereocenters. The second kappa shape index (κ2) is 3.00. The van der Waals surface area contributed by atoms with Crippen molar-refractivity contribution in [3.63, 3.8) is 0 Å². The highest BCUT2D eigenvalue weighted by Crippen LogP contribution is 2.33. The summed E-state index contributed by atoms with van der Waals surface area (Å²) < 4.78 is 3.47. The maximum atomic E-state index is 4.39. The minimum absolute atomic E-state index is 1.09. The molecule has 0 aliphatic carbocycles. The van der Waals surface area contributed by atoms with Crippen LogP contribution in [0.25, 0.3) is 21.3 Å². The third kappa shape index (κ3) is 0.952. The number of rotatable bonds is 1. The molecule has 3 aromatic rings. The molecule has 0 saturated carbocycles. The van der Waals surface area contributed by atoms with Crippen molar-refractivity contribution in [2.75, 3.05) is 6.26 Å². The van der Waals surface area contributed by atoms with E-state index in [4.69, 9.17) is 0 Å². The molecule has 0 spiro atoms. The summed E-state index contributed by atoms with van der Waals surface area (Å²) in [5, 5.41) is 1.30. The van der Waals surface area contributed by atoms with Gasteiger partial charge in [0.15, 0.2) is 5.65 Å². The van der Waals surface area contributed by atoms with Gasteiger partial charge in [0.2, 0.25) is 0 Å². The number of fused-ring (bicyclic) bond motifs is 3. The van der Waals surface area contributed by atoms with Crippen LogP contribution in [-0.2, 0) is 0 Å². The Kier molecular flexibility index (Phi) is 1.78. The summed E-state index contributed by atoms with van der Waals surface area (Å²) in [6.45, 7) is 0. The number of para-hydroxylation sites is 1. The van der Waals surface area contributed by atoms with Crippen LogP contribution < -0.4 is 0 Å². The maximum Gasteiger partial charge on any atom is 0.162 e. The summed E-state index contributed by atoms with van der Waals surface area (Å²) in [5.74, 6) is 0. The van der Waals surface area contributed by atoms with Gasteiger partial charge in [-0.2, -0.15) is 0 Å². The molecule has 0 amide bonds. The molecule has 3 rings (SSSR count). The van der Waals surface area contributed by atoms with Crippen molar-refractivity contribution < 1.29 is 0 Å². The second-order valence-electron chi connectivity index (χ2n) is 3.00. The van der Waals surface area contributed by atoms with Crippen molar-refractivity contribution in [1.29, 1.82) is 0 Å². The SMILES string of the molecule is CSn1c2ccccc2c2scnc21. The van der Waals surface area contributed by atoms with Crippen LogP contribution >= 0.6 is 23.3 Å². The average molecular weight is 220 g/mol. The monoisotopic (exact) mass is 220 g/mol. The molecule has 0 bridgehead atoms. The van der Waals surface area contributed by atoms with E-state index in [1.54, 1.807) is 23.3 Å². The van der Waals surface area contributed by atoms with Crippen molar-refractivity contribution >= 4 is 44.5 Å². The van der Waals surface area contributed by atoms with Crippen LogP contribution in [0, 0.1) is 0 Å². The first-order valence-electron chi connectivity index (χ1n) is 4.29. The standard InChI is InChI=1S/C10H8N2S2/c1-13-12-8-5-3-2-4-7(8)9-10(12)11-6-14-9/h2-6H,1H3. The molecule has 4 heteroatoms. The van der Waals surface area contributed by atoms with Gasteiger partial charge in [0.1, 0.15) is 0 Å². The molecule has 0 saturated heterocycles. The van der Waals surface area contributed by atoms with E-state index in [9.17, 15) is 0 Å². The number of hydrogen-bond donors (Lipinski definition) is 0. The van der Waals surface area contributed by atoms with Crippen molar-refractivity contribution in [3.8, 4) is 0 Å². The fourth-order valence-corrected chi connectivity index (χ4v) is 3.24. The molecule has 0 radical (unpaired) electrons. The van der Waals surface area contributed by atoms with Crippen molar-refractivity contribution in [3.05, 3.63) is 29.8 Å². The van der Waals surface area contributed by atoms with E-state index in [0.717, 1.165) is 5.65 Å². The van der Waals surface area contributed by atoms with Crippen LogP contribution in [0.4, 0.5) is 0 Å². The Morgan fingerprint density at radius 3 is 3.07 bits per heavy atom. The van der Waals surface area contributed by atoms with Gasteiger partial charge in [0.25, 0.3) is 0 Å². The molecule has 1 aromatic carbocycles. The molecular formula is C10H8N2S2. The van der Waals surface area contributed by atoms with Crippen LogP contribution in [0.1, 0.15) is 0 Å². The van der Waals surface area contributed by atoms with Crippen molar-refractivity contribution in [1.82, 2.24) is 8.96 Å². The highest BCUT2D eigenvalue weighted by molar-refractivity contribution is 7.97. The largest absolute Gasteiger partial charge is 0.267 e. The predicted octanol–water partition coefficient (Wildman–Crippen LogP) is 3.38. The first kappa shape index (κ1) is 8.32. The summed E-state index contributed by atoms with van der Waals surface area (Å²) in [6.07, 6.45) is 2.07. The van der Waals surface area contributed by atoms with E-state index in [1.165, 1.54) is 15.6 Å². The number of aromatic nitrogens is 2. The Hall–Kier alpha value is -1.00. The fourth-order valence-electron chi connectivity index (χ4n) is 1.71. The Bertz CT molecular complexity index is 594. The molecule has 0 aliphatic heterocycles. The van der Waals surface area contributed by atoms with E-state index in [-0.39, 0.29) is 0 Å². The summed E-state index contributed by atoms with van der Waals surface area (Å²) in [4.78, 5) is 4.39. The number of hydrogen-bond acceptors (Lipinski definition) is 3. The minimum atomic E-state index is 1.09. The van der Waals surface area contributed by atoms with Gasteiger partial charge >= 0.3 is 0 Å². The van der Waals surface area contributed by atoms with E-state index in [0.29, 0.717) is 0 Å². The number of benzene rings is 1. The lowest BCUT2D eigenvalue weighted by Gasteiger charge is -1.98. The molecule has 2 aromatic heterocycles. The zero-order valence-corrected chi connectivity index (χ0v) is 9.23. The van der Waals surface area contributed by atoms with E-state index in [2.05, 4.69) is 39.5 Å². The molecule has 0 fully saturated rings. The minimum Gasteiger partial charge on any atom is -0.267 e. The van der Waals surface area contributed by atoms with Gasteiger partial charge in [-0.05, 0) is 18.0 Å². The topological polar surface area (TPSA) is 17.8 Å².